The van der Waals surface area contributed by atoms with Crippen molar-refractivity contribution in [2.75, 3.05) is 6.61 Å². The fourth-order valence-corrected chi connectivity index (χ4v) is 2.61. The van der Waals surface area contributed by atoms with Gasteiger partial charge in [0.25, 0.3) is 0 Å². The quantitative estimate of drug-likeness (QED) is 0.907. The molecule has 0 bridgehead atoms. The van der Waals surface area contributed by atoms with E-state index in [0.717, 1.165) is 11.1 Å². The van der Waals surface area contributed by atoms with Crippen molar-refractivity contribution in [1.82, 2.24) is 4.98 Å². The molecule has 1 atom stereocenters. The van der Waals surface area contributed by atoms with Crippen molar-refractivity contribution >= 4 is 23.2 Å². The van der Waals surface area contributed by atoms with E-state index in [2.05, 4.69) is 4.98 Å². The zero-order valence-corrected chi connectivity index (χ0v) is 12.7. The number of halogens is 2. The van der Waals surface area contributed by atoms with Gasteiger partial charge in [0.2, 0.25) is 0 Å². The minimum absolute atomic E-state index is 0.183. The molecule has 0 saturated carbocycles. The number of aromatic nitrogens is 1. The maximum atomic E-state index is 6.21. The molecule has 0 aliphatic carbocycles. The summed E-state index contributed by atoms with van der Waals surface area (Å²) in [5, 5.41) is 1.08. The van der Waals surface area contributed by atoms with Gasteiger partial charge in [0.1, 0.15) is 5.75 Å². The topological polar surface area (TPSA) is 48.1 Å². The first kappa shape index (κ1) is 15.1. The molecule has 0 saturated heterocycles. The van der Waals surface area contributed by atoms with Crippen molar-refractivity contribution in [3.8, 4) is 5.75 Å². The molecule has 0 amide bonds. The Kier molecular flexibility index (Phi) is 5.24. The van der Waals surface area contributed by atoms with Crippen LogP contribution in [-0.2, 0) is 6.42 Å². The number of hydrogen-bond donors (Lipinski definition) is 1. The average molecular weight is 311 g/mol. The number of hydrogen-bond acceptors (Lipinski definition) is 3. The van der Waals surface area contributed by atoms with Crippen LogP contribution in [0.2, 0.25) is 10.0 Å². The number of benzene rings is 1. The van der Waals surface area contributed by atoms with Crippen LogP contribution in [0, 0.1) is 0 Å². The lowest BCUT2D eigenvalue weighted by molar-refractivity contribution is 0.336. The van der Waals surface area contributed by atoms with Gasteiger partial charge in [0.05, 0.1) is 11.6 Å². The van der Waals surface area contributed by atoms with E-state index in [4.69, 9.17) is 33.7 Å². The molecular formula is C15H16Cl2N2O. The first-order valence-electron chi connectivity index (χ1n) is 6.38. The van der Waals surface area contributed by atoms with Crippen LogP contribution in [0.1, 0.15) is 24.1 Å². The largest absolute Gasteiger partial charge is 0.492 e. The van der Waals surface area contributed by atoms with Gasteiger partial charge in [-0.15, -0.1) is 0 Å². The second kappa shape index (κ2) is 6.93. The first-order valence-corrected chi connectivity index (χ1v) is 7.13. The zero-order valence-electron chi connectivity index (χ0n) is 11.1. The van der Waals surface area contributed by atoms with Crippen molar-refractivity contribution in [3.63, 3.8) is 0 Å². The maximum Gasteiger partial charge on any atom is 0.141 e. The highest BCUT2D eigenvalue weighted by molar-refractivity contribution is 6.35. The Morgan fingerprint density at radius 1 is 1.35 bits per heavy atom. The van der Waals surface area contributed by atoms with Gasteiger partial charge in [-0.25, -0.2) is 0 Å². The Labute approximate surface area is 128 Å². The van der Waals surface area contributed by atoms with E-state index < -0.39 is 0 Å². The number of pyridine rings is 1. The maximum absolute atomic E-state index is 6.21. The van der Waals surface area contributed by atoms with Crippen LogP contribution >= 0.6 is 23.2 Å². The highest BCUT2D eigenvalue weighted by Gasteiger charge is 2.15. The van der Waals surface area contributed by atoms with Gasteiger partial charge in [0.15, 0.2) is 0 Å². The summed E-state index contributed by atoms with van der Waals surface area (Å²) < 4.78 is 5.60. The van der Waals surface area contributed by atoms with E-state index in [9.17, 15) is 0 Å². The summed E-state index contributed by atoms with van der Waals surface area (Å²) in [5.41, 5.74) is 8.08. The lowest BCUT2D eigenvalue weighted by Crippen LogP contribution is -2.14. The summed E-state index contributed by atoms with van der Waals surface area (Å²) >= 11 is 12.2. The molecule has 2 rings (SSSR count). The van der Waals surface area contributed by atoms with E-state index >= 15 is 0 Å². The van der Waals surface area contributed by atoms with Crippen molar-refractivity contribution in [3.05, 3.63) is 57.8 Å². The molecule has 1 aromatic carbocycles. The summed E-state index contributed by atoms with van der Waals surface area (Å²) in [6.45, 7) is 2.45. The number of ether oxygens (including phenoxy) is 1. The monoisotopic (exact) mass is 310 g/mol. The molecule has 0 fully saturated rings. The van der Waals surface area contributed by atoms with Crippen LogP contribution in [0.25, 0.3) is 0 Å². The molecule has 20 heavy (non-hydrogen) atoms. The molecule has 2 aromatic rings. The number of nitrogens with two attached hydrogens (primary N) is 1. The molecule has 3 nitrogen and oxygen atoms in total. The Balaban J connectivity index is 2.28. The molecule has 1 heterocycles. The molecule has 0 aliphatic rings. The first-order chi connectivity index (χ1) is 9.61. The summed E-state index contributed by atoms with van der Waals surface area (Å²) in [5.74, 6) is 0.651. The van der Waals surface area contributed by atoms with Crippen LogP contribution in [0.15, 0.2) is 36.7 Å². The van der Waals surface area contributed by atoms with Gasteiger partial charge < -0.3 is 10.5 Å². The van der Waals surface area contributed by atoms with Crippen LogP contribution in [0.3, 0.4) is 0 Å². The Hall–Kier alpha value is -1.29. The van der Waals surface area contributed by atoms with Crippen molar-refractivity contribution < 1.29 is 4.74 Å². The molecule has 0 aliphatic heterocycles. The third kappa shape index (κ3) is 3.63. The third-order valence-electron chi connectivity index (χ3n) is 2.93. The summed E-state index contributed by atoms with van der Waals surface area (Å²) in [6.07, 6.45) is 4.07. The fraction of sp³-hybridized carbons (Fsp3) is 0.267. The molecule has 0 spiro atoms. The normalized spacial score (nSPS) is 12.2. The van der Waals surface area contributed by atoms with Crippen LogP contribution < -0.4 is 10.5 Å². The molecule has 1 aromatic heterocycles. The molecular weight excluding hydrogens is 295 g/mol. The SMILES string of the molecule is CCOc1c(Cl)cc(Cl)cc1CC(N)c1cccnc1. The molecule has 1 unspecified atom stereocenters. The predicted octanol–water partition coefficient (Wildman–Crippen LogP) is 4.03. The van der Waals surface area contributed by atoms with Crippen molar-refractivity contribution in [2.24, 2.45) is 5.73 Å². The molecule has 0 radical (unpaired) electrons. The summed E-state index contributed by atoms with van der Waals surface area (Å²) in [4.78, 5) is 4.08. The third-order valence-corrected chi connectivity index (χ3v) is 3.43. The van der Waals surface area contributed by atoms with Crippen LogP contribution in [0.4, 0.5) is 0 Å². The lowest BCUT2D eigenvalue weighted by Gasteiger charge is -2.16. The molecule has 106 valence electrons. The lowest BCUT2D eigenvalue weighted by atomic mass is 10.0. The van der Waals surface area contributed by atoms with E-state index in [0.29, 0.717) is 28.8 Å². The zero-order chi connectivity index (χ0) is 14.5. The van der Waals surface area contributed by atoms with E-state index in [1.807, 2.05) is 25.1 Å². The second-order valence-corrected chi connectivity index (χ2v) is 5.25. The van der Waals surface area contributed by atoms with Gasteiger partial charge in [-0.1, -0.05) is 29.3 Å². The van der Waals surface area contributed by atoms with Gasteiger partial charge in [0, 0.05) is 23.5 Å². The average Bonchev–Trinajstić information content (AvgIpc) is 2.43. The Morgan fingerprint density at radius 2 is 2.15 bits per heavy atom. The van der Waals surface area contributed by atoms with Gasteiger partial charge in [-0.05, 0) is 42.7 Å². The highest BCUT2D eigenvalue weighted by atomic mass is 35.5. The Morgan fingerprint density at radius 3 is 2.80 bits per heavy atom. The predicted molar refractivity (Wildman–Crippen MR) is 82.5 cm³/mol. The summed E-state index contributed by atoms with van der Waals surface area (Å²) in [7, 11) is 0. The standard InChI is InChI=1S/C15H16Cl2N2O/c1-2-20-15-11(6-12(16)8-13(15)17)7-14(18)10-4-3-5-19-9-10/h3-6,8-9,14H,2,7,18H2,1H3. The van der Waals surface area contributed by atoms with Crippen LogP contribution in [0.5, 0.6) is 5.75 Å². The van der Waals surface area contributed by atoms with E-state index in [1.165, 1.54) is 0 Å². The van der Waals surface area contributed by atoms with Gasteiger partial charge in [-0.2, -0.15) is 0 Å². The minimum Gasteiger partial charge on any atom is -0.492 e. The number of nitrogens with zero attached hydrogens (tertiary/aromatic N) is 1. The fourth-order valence-electron chi connectivity index (χ4n) is 2.02. The van der Waals surface area contributed by atoms with Crippen molar-refractivity contribution in [2.45, 2.75) is 19.4 Å². The number of rotatable bonds is 5. The molecule has 2 N–H and O–H groups in total. The van der Waals surface area contributed by atoms with Crippen LogP contribution in [-0.4, -0.2) is 11.6 Å². The Bertz CT molecular complexity index is 576. The minimum atomic E-state index is -0.183. The smallest absolute Gasteiger partial charge is 0.141 e. The summed E-state index contributed by atoms with van der Waals surface area (Å²) in [6, 6.07) is 7.15. The van der Waals surface area contributed by atoms with Gasteiger partial charge >= 0.3 is 0 Å². The second-order valence-electron chi connectivity index (χ2n) is 4.41. The van der Waals surface area contributed by atoms with E-state index in [-0.39, 0.29) is 6.04 Å². The van der Waals surface area contributed by atoms with Gasteiger partial charge in [-0.3, -0.25) is 4.98 Å². The highest BCUT2D eigenvalue weighted by Crippen LogP contribution is 2.34. The molecule has 5 heteroatoms. The van der Waals surface area contributed by atoms with E-state index in [1.54, 1.807) is 18.5 Å². The van der Waals surface area contributed by atoms with Crippen molar-refractivity contribution in [1.29, 1.82) is 0 Å².